The predicted octanol–water partition coefficient (Wildman–Crippen LogP) is 1.95. The predicted molar refractivity (Wildman–Crippen MR) is 92.2 cm³/mol. The number of rotatable bonds is 6. The van der Waals surface area contributed by atoms with E-state index in [2.05, 4.69) is 24.5 Å². The zero-order chi connectivity index (χ0) is 17.9. The molecule has 0 saturated carbocycles. The van der Waals surface area contributed by atoms with Gasteiger partial charge in [0.05, 0.1) is 11.5 Å². The van der Waals surface area contributed by atoms with Gasteiger partial charge in [-0.05, 0) is 46.0 Å². The Kier molecular flexibility index (Phi) is 6.49. The van der Waals surface area contributed by atoms with Crippen LogP contribution in [-0.2, 0) is 14.6 Å². The van der Waals surface area contributed by atoms with E-state index in [1.165, 1.54) is 0 Å². The molecule has 1 aliphatic rings. The lowest BCUT2D eigenvalue weighted by atomic mass is 9.93. The number of carbonyl (C=O) groups is 1. The third kappa shape index (κ3) is 7.52. The minimum atomic E-state index is -2.92. The topological polar surface area (TPSA) is 84.5 Å². The highest BCUT2D eigenvalue weighted by Crippen LogP contribution is 2.23. The Labute approximate surface area is 140 Å². The second-order valence-corrected chi connectivity index (χ2v) is 10.4. The summed E-state index contributed by atoms with van der Waals surface area (Å²) in [4.78, 5) is 11.8. The lowest BCUT2D eigenvalue weighted by molar-refractivity contribution is 0.0514. The highest BCUT2D eigenvalue weighted by Gasteiger charge is 2.38. The summed E-state index contributed by atoms with van der Waals surface area (Å²) in [5.41, 5.74) is -0.876. The Morgan fingerprint density at radius 3 is 2.30 bits per heavy atom. The molecule has 7 heteroatoms. The minimum absolute atomic E-state index is 0.185. The van der Waals surface area contributed by atoms with Crippen molar-refractivity contribution < 1.29 is 17.9 Å². The smallest absolute Gasteiger partial charge is 0.407 e. The van der Waals surface area contributed by atoms with Gasteiger partial charge in [-0.3, -0.25) is 0 Å². The van der Waals surface area contributed by atoms with Crippen molar-refractivity contribution in [3.63, 3.8) is 0 Å². The summed E-state index contributed by atoms with van der Waals surface area (Å²) >= 11 is 0. The number of amides is 1. The average molecular weight is 349 g/mol. The van der Waals surface area contributed by atoms with E-state index in [1.54, 1.807) is 0 Å². The van der Waals surface area contributed by atoms with Crippen molar-refractivity contribution in [2.75, 3.05) is 24.6 Å². The van der Waals surface area contributed by atoms with Crippen LogP contribution < -0.4 is 10.6 Å². The van der Waals surface area contributed by atoms with Crippen LogP contribution in [0.5, 0.6) is 0 Å². The summed E-state index contributed by atoms with van der Waals surface area (Å²) in [6.07, 6.45) is 0.220. The first kappa shape index (κ1) is 20.2. The zero-order valence-corrected chi connectivity index (χ0v) is 16.0. The fourth-order valence-corrected chi connectivity index (χ4v) is 4.72. The van der Waals surface area contributed by atoms with Gasteiger partial charge in [-0.25, -0.2) is 13.2 Å². The summed E-state index contributed by atoms with van der Waals surface area (Å²) < 4.78 is 28.6. The molecule has 0 radical (unpaired) electrons. The molecule has 2 unspecified atom stereocenters. The summed E-state index contributed by atoms with van der Waals surface area (Å²) in [7, 11) is -2.92. The van der Waals surface area contributed by atoms with Crippen LogP contribution in [0.4, 0.5) is 4.79 Å². The molecule has 1 rings (SSSR count). The van der Waals surface area contributed by atoms with Gasteiger partial charge < -0.3 is 15.4 Å². The van der Waals surface area contributed by atoms with E-state index in [0.717, 1.165) is 0 Å². The van der Waals surface area contributed by atoms with Gasteiger partial charge in [-0.1, -0.05) is 13.8 Å². The molecule has 1 saturated heterocycles. The summed E-state index contributed by atoms with van der Waals surface area (Å²) in [5, 5.41) is 6.20. The summed E-state index contributed by atoms with van der Waals surface area (Å²) in [6, 6.07) is 0. The van der Waals surface area contributed by atoms with Gasteiger partial charge in [0.15, 0.2) is 9.84 Å². The standard InChI is InChI=1S/C16H32N2O4S/c1-12(2)13(9-17-14(19)22-15(3,4)5)10-18-16(6)7-8-23(20,21)11-16/h12-13,18H,7-11H2,1-6H3,(H,17,19). The Morgan fingerprint density at radius 2 is 1.87 bits per heavy atom. The van der Waals surface area contributed by atoms with E-state index in [4.69, 9.17) is 4.74 Å². The molecule has 23 heavy (non-hydrogen) atoms. The van der Waals surface area contributed by atoms with Crippen LogP contribution in [0.1, 0.15) is 48.0 Å². The fourth-order valence-electron chi connectivity index (χ4n) is 2.60. The van der Waals surface area contributed by atoms with Crippen molar-refractivity contribution in [3.8, 4) is 0 Å². The number of sulfone groups is 1. The summed E-state index contributed by atoms with van der Waals surface area (Å²) in [5.74, 6) is 1.00. The second kappa shape index (κ2) is 7.38. The third-order valence-electron chi connectivity index (χ3n) is 4.14. The average Bonchev–Trinajstić information content (AvgIpc) is 2.61. The van der Waals surface area contributed by atoms with E-state index in [0.29, 0.717) is 25.4 Å². The van der Waals surface area contributed by atoms with Crippen LogP contribution in [0.2, 0.25) is 0 Å². The highest BCUT2D eigenvalue weighted by atomic mass is 32.2. The lowest BCUT2D eigenvalue weighted by Crippen LogP contribution is -2.48. The maximum Gasteiger partial charge on any atom is 0.407 e. The molecule has 1 aliphatic heterocycles. The van der Waals surface area contributed by atoms with Gasteiger partial charge in [0, 0.05) is 18.6 Å². The summed E-state index contributed by atoms with van der Waals surface area (Å²) in [6.45, 7) is 12.8. The fraction of sp³-hybridized carbons (Fsp3) is 0.938. The molecular weight excluding hydrogens is 316 g/mol. The molecule has 0 bridgehead atoms. The first-order valence-electron chi connectivity index (χ1n) is 8.24. The maximum absolute atomic E-state index is 11.8. The molecular formula is C16H32N2O4S. The van der Waals surface area contributed by atoms with E-state index in [-0.39, 0.29) is 23.0 Å². The van der Waals surface area contributed by atoms with Gasteiger partial charge in [0.25, 0.3) is 0 Å². The first-order valence-corrected chi connectivity index (χ1v) is 10.1. The molecule has 1 heterocycles. The van der Waals surface area contributed by atoms with E-state index in [1.807, 2.05) is 27.7 Å². The van der Waals surface area contributed by atoms with Crippen LogP contribution in [0.3, 0.4) is 0 Å². The van der Waals surface area contributed by atoms with Gasteiger partial charge in [-0.2, -0.15) is 0 Å². The van der Waals surface area contributed by atoms with Gasteiger partial charge in [0.2, 0.25) is 0 Å². The minimum Gasteiger partial charge on any atom is -0.444 e. The van der Waals surface area contributed by atoms with Crippen molar-refractivity contribution in [1.82, 2.24) is 10.6 Å². The quantitative estimate of drug-likeness (QED) is 0.766. The molecule has 0 aromatic carbocycles. The normalized spacial score (nSPS) is 25.3. The number of alkyl carbamates (subject to hydrolysis) is 1. The highest BCUT2D eigenvalue weighted by molar-refractivity contribution is 7.91. The Balaban J connectivity index is 2.49. The van der Waals surface area contributed by atoms with Gasteiger partial charge in [-0.15, -0.1) is 0 Å². The molecule has 2 atom stereocenters. The van der Waals surface area contributed by atoms with Crippen molar-refractivity contribution in [2.45, 2.75) is 59.1 Å². The van der Waals surface area contributed by atoms with Gasteiger partial charge >= 0.3 is 6.09 Å². The molecule has 6 nitrogen and oxygen atoms in total. The second-order valence-electron chi connectivity index (χ2n) is 8.17. The van der Waals surface area contributed by atoms with E-state index < -0.39 is 21.5 Å². The maximum atomic E-state index is 11.8. The molecule has 2 N–H and O–H groups in total. The third-order valence-corrected chi connectivity index (χ3v) is 6.05. The first-order chi connectivity index (χ1) is 10.3. The van der Waals surface area contributed by atoms with Crippen molar-refractivity contribution in [1.29, 1.82) is 0 Å². The van der Waals surface area contributed by atoms with E-state index in [9.17, 15) is 13.2 Å². The van der Waals surface area contributed by atoms with E-state index >= 15 is 0 Å². The zero-order valence-electron chi connectivity index (χ0n) is 15.2. The SMILES string of the molecule is CC(C)C(CNC(=O)OC(C)(C)C)CNC1(C)CCS(=O)(=O)C1. The molecule has 0 aromatic rings. The molecule has 1 amide bonds. The lowest BCUT2D eigenvalue weighted by Gasteiger charge is -2.29. The number of nitrogens with one attached hydrogen (secondary N) is 2. The molecule has 0 spiro atoms. The van der Waals surface area contributed by atoms with Gasteiger partial charge in [0.1, 0.15) is 5.60 Å². The van der Waals surface area contributed by atoms with Crippen molar-refractivity contribution >= 4 is 15.9 Å². The Hall–Kier alpha value is -0.820. The van der Waals surface area contributed by atoms with Crippen LogP contribution in [0, 0.1) is 11.8 Å². The Bertz CT molecular complexity index is 511. The number of ether oxygens (including phenoxy) is 1. The number of carbonyl (C=O) groups excluding carboxylic acids is 1. The van der Waals surface area contributed by atoms with Crippen LogP contribution in [0.25, 0.3) is 0 Å². The number of hydrogen-bond acceptors (Lipinski definition) is 5. The monoisotopic (exact) mass is 348 g/mol. The molecule has 0 aliphatic carbocycles. The van der Waals surface area contributed by atoms with Crippen LogP contribution >= 0.6 is 0 Å². The van der Waals surface area contributed by atoms with Crippen molar-refractivity contribution in [3.05, 3.63) is 0 Å². The van der Waals surface area contributed by atoms with Crippen molar-refractivity contribution in [2.24, 2.45) is 11.8 Å². The van der Waals surface area contributed by atoms with Crippen LogP contribution in [0.15, 0.2) is 0 Å². The molecule has 136 valence electrons. The largest absolute Gasteiger partial charge is 0.444 e. The van der Waals surface area contributed by atoms with Crippen LogP contribution in [-0.4, -0.2) is 50.2 Å². The molecule has 1 fully saturated rings. The number of hydrogen-bond donors (Lipinski definition) is 2. The Morgan fingerprint density at radius 1 is 1.26 bits per heavy atom. The molecule has 0 aromatic heterocycles.